The van der Waals surface area contributed by atoms with Crippen molar-refractivity contribution in [2.45, 2.75) is 78.6 Å². The molecular weight excluding hydrogens is 1300 g/mol. The molecule has 91 heavy (non-hydrogen) atoms. The summed E-state index contributed by atoms with van der Waals surface area (Å²) in [5.74, 6) is 2.01. The van der Waals surface area contributed by atoms with Crippen LogP contribution in [0, 0.1) is 18.8 Å². The number of ether oxygens (including phenoxy) is 1. The molecule has 1 aliphatic rings. The molecule has 450 valence electrons. The molecule has 0 spiro atoms. The molecule has 0 saturated heterocycles. The quantitative estimate of drug-likeness (QED) is 0.0821. The zero-order chi connectivity index (χ0) is 61.7. The van der Waals surface area contributed by atoms with Crippen molar-refractivity contribution in [1.29, 1.82) is 0 Å². The predicted molar refractivity (Wildman–Crippen MR) is 382 cm³/mol. The first-order valence-electron chi connectivity index (χ1n) is 31.4. The maximum Gasteiger partial charge on any atom is 0.179 e. The van der Waals surface area contributed by atoms with Crippen LogP contribution in [0.3, 0.4) is 0 Å². The van der Waals surface area contributed by atoms with Crippen LogP contribution in [0.25, 0.3) is 82.1 Å². The maximum absolute atomic E-state index is 6.91. The van der Waals surface area contributed by atoms with Crippen molar-refractivity contribution < 1.29 is 25.8 Å². The average molecular weight is 1380 g/mol. The van der Waals surface area contributed by atoms with Gasteiger partial charge in [-0.25, -0.2) is 4.98 Å². The Bertz CT molecular complexity index is 5110. The molecule has 0 N–H and O–H groups in total. The second kappa shape index (κ2) is 22.8. The molecule has 5 nitrogen and oxygen atoms in total. The van der Waals surface area contributed by atoms with E-state index in [0.717, 1.165) is 71.9 Å². The number of pyridine rings is 1. The van der Waals surface area contributed by atoms with Gasteiger partial charge in [0.15, 0.2) is 8.07 Å². The van der Waals surface area contributed by atoms with Gasteiger partial charge in [0.2, 0.25) is 0 Å². The van der Waals surface area contributed by atoms with Crippen molar-refractivity contribution >= 4 is 105 Å². The van der Waals surface area contributed by atoms with Crippen molar-refractivity contribution in [2.75, 3.05) is 4.90 Å². The molecular formula is C84H71N4OPtSi-3. The minimum absolute atomic E-state index is 0. The first-order chi connectivity index (χ1) is 43.5. The number of nitrogens with zero attached hydrogens (tertiary/aromatic N) is 4. The first kappa shape index (κ1) is 59.2. The minimum atomic E-state index is -3.02. The number of hydrogen-bond acceptors (Lipinski definition) is 3. The fourth-order valence-electron chi connectivity index (χ4n) is 13.9. The summed E-state index contributed by atoms with van der Waals surface area (Å²) in [6.45, 7) is 23.0. The van der Waals surface area contributed by atoms with Crippen molar-refractivity contribution in [1.82, 2.24) is 14.1 Å². The van der Waals surface area contributed by atoms with E-state index in [-0.39, 0.29) is 37.3 Å². The van der Waals surface area contributed by atoms with Crippen LogP contribution in [0.15, 0.2) is 261 Å². The van der Waals surface area contributed by atoms with Gasteiger partial charge in [-0.3, -0.25) is 0 Å². The Morgan fingerprint density at radius 2 is 0.945 bits per heavy atom. The Kier molecular flexibility index (Phi) is 14.8. The van der Waals surface area contributed by atoms with Gasteiger partial charge >= 0.3 is 0 Å². The van der Waals surface area contributed by atoms with Gasteiger partial charge in [0.05, 0.1) is 0 Å². The molecule has 14 aromatic rings. The number of rotatable bonds is 9. The second-order valence-corrected chi connectivity index (χ2v) is 31.1. The molecule has 7 heteroatoms. The van der Waals surface area contributed by atoms with Gasteiger partial charge in [-0.05, 0) is 144 Å². The van der Waals surface area contributed by atoms with E-state index < -0.39 is 8.07 Å². The van der Waals surface area contributed by atoms with E-state index in [2.05, 4.69) is 338 Å². The van der Waals surface area contributed by atoms with E-state index in [0.29, 0.717) is 11.5 Å². The Morgan fingerprint density at radius 3 is 1.60 bits per heavy atom. The summed E-state index contributed by atoms with van der Waals surface area (Å²) >= 11 is 0. The van der Waals surface area contributed by atoms with Gasteiger partial charge in [0, 0.05) is 50.0 Å². The van der Waals surface area contributed by atoms with Crippen LogP contribution in [-0.2, 0) is 37.3 Å². The molecule has 0 amide bonds. The van der Waals surface area contributed by atoms with E-state index in [1.807, 2.05) is 18.3 Å². The van der Waals surface area contributed by atoms with Crippen LogP contribution in [0.2, 0.25) is 0 Å². The third-order valence-electron chi connectivity index (χ3n) is 18.5. The van der Waals surface area contributed by atoms with Crippen LogP contribution < -0.4 is 30.4 Å². The van der Waals surface area contributed by atoms with Crippen LogP contribution in [0.4, 0.5) is 11.4 Å². The largest absolute Gasteiger partial charge is 0.509 e. The summed E-state index contributed by atoms with van der Waals surface area (Å²) in [6, 6.07) is 102. The van der Waals surface area contributed by atoms with E-state index >= 15 is 0 Å². The topological polar surface area (TPSA) is 35.2 Å². The van der Waals surface area contributed by atoms with E-state index in [4.69, 9.17) is 9.72 Å². The van der Waals surface area contributed by atoms with Gasteiger partial charge in [0.25, 0.3) is 0 Å². The smallest absolute Gasteiger partial charge is 0.179 e. The Morgan fingerprint density at radius 1 is 0.407 bits per heavy atom. The van der Waals surface area contributed by atoms with Gasteiger partial charge in [-0.1, -0.05) is 274 Å². The molecule has 0 saturated carbocycles. The zero-order valence-corrected chi connectivity index (χ0v) is 56.2. The fraction of sp³-hybridized carbons (Fsp3) is 0.143. The SMILES string of the molecule is CC(C)(C)c1cc(-c2cccc3c4ccc(C(C)(C)C)cc4c4ccccc4c4cccc5c4n(c23)[CH-]N5c2[c-]c(Oc3[c-]c4c(cc3)c3ccccc3n4-c3cc(C(C)(C)C)ccn3)ccc2)cc([Si](c2ccccc2)(c2ccccc2)c2ccccc2)c1.[Pt]. The molecule has 11 aromatic carbocycles. The number of aromatic nitrogens is 3. The van der Waals surface area contributed by atoms with Crippen LogP contribution >= 0.6 is 0 Å². The van der Waals surface area contributed by atoms with Gasteiger partial charge in [0.1, 0.15) is 5.82 Å². The molecule has 0 fully saturated rings. The predicted octanol–water partition coefficient (Wildman–Crippen LogP) is 19.2. The summed E-state index contributed by atoms with van der Waals surface area (Å²) in [7, 11) is -3.02. The fourth-order valence-corrected chi connectivity index (χ4v) is 18.7. The number of para-hydroxylation sites is 3. The number of benzene rings is 11. The van der Waals surface area contributed by atoms with Crippen molar-refractivity contribution in [3.05, 3.63) is 296 Å². The van der Waals surface area contributed by atoms with E-state index in [1.165, 1.54) is 59.0 Å². The van der Waals surface area contributed by atoms with Crippen molar-refractivity contribution in [3.8, 4) is 28.4 Å². The molecule has 0 radical (unpaired) electrons. The van der Waals surface area contributed by atoms with Crippen LogP contribution in [0.5, 0.6) is 11.5 Å². The van der Waals surface area contributed by atoms with E-state index in [1.54, 1.807) is 0 Å². The van der Waals surface area contributed by atoms with Crippen LogP contribution in [-0.4, -0.2) is 22.2 Å². The summed E-state index contributed by atoms with van der Waals surface area (Å²) < 4.78 is 11.6. The molecule has 15 rings (SSSR count). The second-order valence-electron chi connectivity index (χ2n) is 27.3. The molecule has 0 bridgehead atoms. The number of fused-ring (bicyclic) bond motifs is 10. The zero-order valence-electron chi connectivity index (χ0n) is 52.9. The Labute approximate surface area is 549 Å². The molecule has 3 aromatic heterocycles. The molecule has 4 heterocycles. The molecule has 1 aliphatic heterocycles. The Balaban J connectivity index is 0.00000721. The monoisotopic (exact) mass is 1370 g/mol. The summed E-state index contributed by atoms with van der Waals surface area (Å²) in [5.41, 5.74) is 11.8. The normalized spacial score (nSPS) is 12.6. The minimum Gasteiger partial charge on any atom is -0.509 e. The van der Waals surface area contributed by atoms with E-state index in [9.17, 15) is 0 Å². The third-order valence-corrected chi connectivity index (χ3v) is 23.3. The van der Waals surface area contributed by atoms with Crippen LogP contribution in [0.1, 0.15) is 79.0 Å². The number of hydrogen-bond donors (Lipinski definition) is 0. The summed E-state index contributed by atoms with van der Waals surface area (Å²) in [6.07, 6.45) is 1.91. The molecule has 0 aliphatic carbocycles. The average Bonchev–Trinajstić information content (AvgIpc) is 1.69. The van der Waals surface area contributed by atoms with Gasteiger partial charge < -0.3 is 18.8 Å². The number of anilines is 2. The standard InChI is InChI=1S/C84H71N4OSi.Pt/c1-82(2,3)57-42-44-70-73-38-24-37-67(56-48-59(84(7,8)9)50-66(49-56)90(63-28-13-10-14-29-63,64-30-15-11-16-31-64)65-32-17-12-18-33-65)80(73)87-55-86(77-41-25-39-74(81(77)87)68-34-19-20-35-69(68)75(70)51-57)60-26-23-27-61(53-60)89-62-43-45-72-71-36-21-22-40-76(71)88(78(72)54-62)79-52-58(46-47-85-79)83(4,5)6;/h10-52,55H,1-9H3;/q-3;. The summed E-state index contributed by atoms with van der Waals surface area (Å²) in [4.78, 5) is 7.24. The maximum atomic E-state index is 6.91. The first-order valence-corrected chi connectivity index (χ1v) is 33.4. The summed E-state index contributed by atoms with van der Waals surface area (Å²) in [5, 5.41) is 14.6. The van der Waals surface area contributed by atoms with Crippen molar-refractivity contribution in [2.24, 2.45) is 0 Å². The van der Waals surface area contributed by atoms with Crippen molar-refractivity contribution in [3.63, 3.8) is 0 Å². The Hall–Kier alpha value is -9.45. The molecule has 0 atom stereocenters. The third kappa shape index (κ3) is 10.2. The molecule has 0 unspecified atom stereocenters. The van der Waals surface area contributed by atoms with Gasteiger partial charge in [-0.2, -0.15) is 12.1 Å². The van der Waals surface area contributed by atoms with Gasteiger partial charge in [-0.15, -0.1) is 35.7 Å².